The molecule has 0 spiro atoms. The molecule has 0 aliphatic rings. The van der Waals surface area contributed by atoms with E-state index in [1.54, 1.807) is 22.6 Å². The molecule has 6 heteroatoms. The lowest BCUT2D eigenvalue weighted by molar-refractivity contribution is 0.150. The van der Waals surface area contributed by atoms with Gasteiger partial charge in [0.1, 0.15) is 5.15 Å². The molecule has 0 bridgehead atoms. The minimum Gasteiger partial charge on any atom is -0.325 e. The van der Waals surface area contributed by atoms with Crippen molar-refractivity contribution >= 4 is 34.2 Å². The van der Waals surface area contributed by atoms with Gasteiger partial charge in [-0.15, -0.1) is 0 Å². The van der Waals surface area contributed by atoms with Gasteiger partial charge in [-0.05, 0) is 28.7 Å². The van der Waals surface area contributed by atoms with Crippen molar-refractivity contribution in [3.8, 4) is 0 Å². The van der Waals surface area contributed by atoms with Crippen LogP contribution in [0.5, 0.6) is 0 Å². The van der Waals surface area contributed by atoms with E-state index < -0.39 is 6.43 Å². The van der Waals surface area contributed by atoms with E-state index in [4.69, 9.17) is 17.3 Å². The molecular formula is C7H6ClF2IN2. The highest BCUT2D eigenvalue weighted by Gasteiger charge is 2.16. The molecule has 0 saturated heterocycles. The summed E-state index contributed by atoms with van der Waals surface area (Å²) in [6.07, 6.45) is -2.54. The van der Waals surface area contributed by atoms with Crippen LogP contribution in [-0.4, -0.2) is 4.98 Å². The second-order valence-corrected chi connectivity index (χ2v) is 3.77. The van der Waals surface area contributed by atoms with Crippen molar-refractivity contribution < 1.29 is 8.78 Å². The Bertz CT molecular complexity index is 320. The summed E-state index contributed by atoms with van der Waals surface area (Å²) in [5, 5.41) is 0.0520. The van der Waals surface area contributed by atoms with Gasteiger partial charge in [0.05, 0.1) is 5.69 Å². The molecule has 1 aromatic rings. The van der Waals surface area contributed by atoms with Crippen LogP contribution in [-0.2, 0) is 6.54 Å². The Morgan fingerprint density at radius 1 is 1.62 bits per heavy atom. The average molecular weight is 318 g/mol. The summed E-state index contributed by atoms with van der Waals surface area (Å²) in [5.74, 6) is 0. The summed E-state index contributed by atoms with van der Waals surface area (Å²) in [5.41, 5.74) is 5.61. The number of nitrogens with zero attached hydrogens (tertiary/aromatic N) is 1. The molecule has 0 radical (unpaired) electrons. The summed E-state index contributed by atoms with van der Waals surface area (Å²) >= 11 is 7.33. The number of nitrogens with two attached hydrogens (primary N) is 1. The van der Waals surface area contributed by atoms with Crippen LogP contribution < -0.4 is 5.73 Å². The van der Waals surface area contributed by atoms with Gasteiger partial charge in [-0.2, -0.15) is 0 Å². The van der Waals surface area contributed by atoms with Crippen LogP contribution in [0.25, 0.3) is 0 Å². The molecule has 1 heterocycles. The third kappa shape index (κ3) is 2.47. The second kappa shape index (κ2) is 4.47. The maximum Gasteiger partial charge on any atom is 0.265 e. The van der Waals surface area contributed by atoms with Crippen LogP contribution >= 0.6 is 34.2 Å². The fourth-order valence-corrected chi connectivity index (χ4v) is 1.81. The van der Waals surface area contributed by atoms with Crippen LogP contribution in [0.2, 0.25) is 5.15 Å². The first-order valence-corrected chi connectivity index (χ1v) is 4.85. The number of rotatable bonds is 2. The van der Waals surface area contributed by atoms with Gasteiger partial charge in [0.25, 0.3) is 6.43 Å². The highest BCUT2D eigenvalue weighted by Crippen LogP contribution is 2.28. The Kier molecular flexibility index (Phi) is 3.81. The lowest BCUT2D eigenvalue weighted by Gasteiger charge is -2.07. The van der Waals surface area contributed by atoms with Crippen LogP contribution in [0.3, 0.4) is 0 Å². The Morgan fingerprint density at radius 2 is 2.23 bits per heavy atom. The maximum absolute atomic E-state index is 12.4. The Balaban J connectivity index is 3.27. The Labute approximate surface area is 92.6 Å². The number of alkyl halides is 2. The van der Waals surface area contributed by atoms with Gasteiger partial charge in [0.15, 0.2) is 0 Å². The van der Waals surface area contributed by atoms with E-state index >= 15 is 0 Å². The van der Waals surface area contributed by atoms with Crippen molar-refractivity contribution in [2.75, 3.05) is 0 Å². The molecule has 0 aromatic carbocycles. The third-order valence-electron chi connectivity index (χ3n) is 1.45. The SMILES string of the molecule is NCc1nc(Cl)cc(C(F)F)c1I. The zero-order valence-corrected chi connectivity index (χ0v) is 9.31. The number of hydrogen-bond acceptors (Lipinski definition) is 2. The van der Waals surface area contributed by atoms with Crippen LogP contribution in [0.4, 0.5) is 8.78 Å². The van der Waals surface area contributed by atoms with Gasteiger partial charge in [0.2, 0.25) is 0 Å². The molecule has 0 unspecified atom stereocenters. The van der Waals surface area contributed by atoms with Crippen molar-refractivity contribution in [3.63, 3.8) is 0 Å². The minimum atomic E-state index is -2.54. The molecule has 2 nitrogen and oxygen atoms in total. The highest BCUT2D eigenvalue weighted by atomic mass is 127. The molecule has 0 aliphatic heterocycles. The van der Waals surface area contributed by atoms with Crippen LogP contribution in [0.15, 0.2) is 6.07 Å². The van der Waals surface area contributed by atoms with E-state index in [1.807, 2.05) is 0 Å². The molecular weight excluding hydrogens is 312 g/mol. The molecule has 0 atom stereocenters. The Morgan fingerprint density at radius 3 is 2.69 bits per heavy atom. The monoisotopic (exact) mass is 318 g/mol. The molecule has 0 saturated carbocycles. The Hall–Kier alpha value is -0.0100. The summed E-state index contributed by atoms with van der Waals surface area (Å²) in [6, 6.07) is 1.16. The number of halogens is 4. The van der Waals surface area contributed by atoms with Crippen molar-refractivity contribution in [2.45, 2.75) is 13.0 Å². The normalized spacial score (nSPS) is 10.9. The fourth-order valence-electron chi connectivity index (χ4n) is 0.863. The quantitative estimate of drug-likeness (QED) is 0.673. The van der Waals surface area contributed by atoms with Gasteiger partial charge in [-0.3, -0.25) is 0 Å². The molecule has 13 heavy (non-hydrogen) atoms. The summed E-state index contributed by atoms with van der Waals surface area (Å²) in [6.45, 7) is 0.110. The third-order valence-corrected chi connectivity index (χ3v) is 2.89. The first-order valence-electron chi connectivity index (χ1n) is 3.39. The van der Waals surface area contributed by atoms with E-state index in [0.29, 0.717) is 9.26 Å². The van der Waals surface area contributed by atoms with Crippen molar-refractivity contribution in [3.05, 3.63) is 26.0 Å². The van der Waals surface area contributed by atoms with Crippen molar-refractivity contribution in [2.24, 2.45) is 5.73 Å². The van der Waals surface area contributed by atoms with Crippen LogP contribution in [0.1, 0.15) is 17.7 Å². The standard InChI is InChI=1S/C7H6ClF2IN2/c8-5-1-3(7(9)10)6(11)4(2-12)13-5/h1,7H,2,12H2. The maximum atomic E-state index is 12.4. The molecule has 2 N–H and O–H groups in total. The molecule has 1 rings (SSSR count). The van der Waals surface area contributed by atoms with E-state index in [1.165, 1.54) is 0 Å². The lowest BCUT2D eigenvalue weighted by Crippen LogP contribution is -2.05. The van der Waals surface area contributed by atoms with Gasteiger partial charge in [-0.25, -0.2) is 13.8 Å². The first-order chi connectivity index (χ1) is 6.06. The number of hydrogen-bond donors (Lipinski definition) is 1. The van der Waals surface area contributed by atoms with Gasteiger partial charge >= 0.3 is 0 Å². The number of pyridine rings is 1. The van der Waals surface area contributed by atoms with Crippen LogP contribution in [0, 0.1) is 3.57 Å². The largest absolute Gasteiger partial charge is 0.325 e. The first kappa shape index (κ1) is 11.1. The van der Waals surface area contributed by atoms with Crippen molar-refractivity contribution in [1.29, 1.82) is 0 Å². The van der Waals surface area contributed by atoms with E-state index in [-0.39, 0.29) is 17.3 Å². The van der Waals surface area contributed by atoms with E-state index in [9.17, 15) is 8.78 Å². The van der Waals surface area contributed by atoms with Gasteiger partial charge in [0, 0.05) is 15.7 Å². The van der Waals surface area contributed by atoms with Gasteiger partial charge < -0.3 is 5.73 Å². The molecule has 1 aromatic heterocycles. The second-order valence-electron chi connectivity index (χ2n) is 2.30. The lowest BCUT2D eigenvalue weighted by atomic mass is 10.2. The summed E-state index contributed by atoms with van der Waals surface area (Å²) in [7, 11) is 0. The van der Waals surface area contributed by atoms with E-state index in [0.717, 1.165) is 6.07 Å². The highest BCUT2D eigenvalue weighted by molar-refractivity contribution is 14.1. The van der Waals surface area contributed by atoms with E-state index in [2.05, 4.69) is 4.98 Å². The summed E-state index contributed by atoms with van der Waals surface area (Å²) in [4.78, 5) is 3.83. The zero-order valence-electron chi connectivity index (χ0n) is 6.40. The zero-order chi connectivity index (χ0) is 10.0. The predicted octanol–water partition coefficient (Wildman–Crippen LogP) is 2.74. The molecule has 72 valence electrons. The average Bonchev–Trinajstić information content (AvgIpc) is 2.08. The number of aromatic nitrogens is 1. The van der Waals surface area contributed by atoms with Gasteiger partial charge in [-0.1, -0.05) is 11.6 Å². The van der Waals surface area contributed by atoms with Crippen molar-refractivity contribution in [1.82, 2.24) is 4.98 Å². The minimum absolute atomic E-state index is 0.0520. The molecule has 0 amide bonds. The summed E-state index contributed by atoms with van der Waals surface area (Å²) < 4.78 is 25.2. The molecule has 0 aliphatic carbocycles. The smallest absolute Gasteiger partial charge is 0.265 e. The fraction of sp³-hybridized carbons (Fsp3) is 0.286. The molecule has 0 fully saturated rings. The predicted molar refractivity (Wildman–Crippen MR) is 54.8 cm³/mol. The topological polar surface area (TPSA) is 38.9 Å².